The lowest BCUT2D eigenvalue weighted by Crippen LogP contribution is -2.39. The van der Waals surface area contributed by atoms with E-state index in [9.17, 15) is 0 Å². The fourth-order valence-corrected chi connectivity index (χ4v) is 2.29. The average Bonchev–Trinajstić information content (AvgIpc) is 2.28. The summed E-state index contributed by atoms with van der Waals surface area (Å²) in [6.07, 6.45) is 4.10. The first-order chi connectivity index (χ1) is 7.26. The van der Waals surface area contributed by atoms with Crippen LogP contribution in [-0.2, 0) is 0 Å². The number of likely N-dealkylation sites (tertiary alicyclic amines) is 1. The second kappa shape index (κ2) is 7.24. The second-order valence-corrected chi connectivity index (χ2v) is 5.07. The summed E-state index contributed by atoms with van der Waals surface area (Å²) in [6.45, 7) is 13.2. The van der Waals surface area contributed by atoms with Gasteiger partial charge in [0.15, 0.2) is 0 Å². The number of piperidine rings is 1. The van der Waals surface area contributed by atoms with Gasteiger partial charge in [0, 0.05) is 6.54 Å². The predicted molar refractivity (Wildman–Crippen MR) is 67.2 cm³/mol. The van der Waals surface area contributed by atoms with Crippen LogP contribution in [0.4, 0.5) is 0 Å². The summed E-state index contributed by atoms with van der Waals surface area (Å²) in [7, 11) is 0. The summed E-state index contributed by atoms with van der Waals surface area (Å²) in [5.74, 6) is 1.80. The normalized spacial score (nSPS) is 21.8. The molecule has 0 aromatic heterocycles. The Labute approximate surface area is 95.4 Å². The van der Waals surface area contributed by atoms with Crippen LogP contribution in [0.15, 0.2) is 0 Å². The molecular weight excluding hydrogens is 184 g/mol. The van der Waals surface area contributed by atoms with Crippen molar-refractivity contribution in [3.05, 3.63) is 0 Å². The standard InChI is InChI=1S/C13H28N2/c1-4-12(3)11-15-8-6-13(7-9-15)10-14-5-2/h12-14H,4-11H2,1-3H3. The fourth-order valence-electron chi connectivity index (χ4n) is 2.29. The lowest BCUT2D eigenvalue weighted by molar-refractivity contribution is 0.162. The van der Waals surface area contributed by atoms with Gasteiger partial charge < -0.3 is 10.2 Å². The molecule has 15 heavy (non-hydrogen) atoms. The Balaban J connectivity index is 2.12. The van der Waals surface area contributed by atoms with Crippen LogP contribution in [0.5, 0.6) is 0 Å². The minimum absolute atomic E-state index is 0.871. The monoisotopic (exact) mass is 212 g/mol. The first kappa shape index (κ1) is 13.0. The van der Waals surface area contributed by atoms with E-state index in [0.29, 0.717) is 0 Å². The summed E-state index contributed by atoms with van der Waals surface area (Å²) >= 11 is 0. The highest BCUT2D eigenvalue weighted by atomic mass is 15.1. The summed E-state index contributed by atoms with van der Waals surface area (Å²) in [6, 6.07) is 0. The van der Waals surface area contributed by atoms with Crippen molar-refractivity contribution in [3.63, 3.8) is 0 Å². The molecule has 0 aromatic rings. The quantitative estimate of drug-likeness (QED) is 0.727. The zero-order chi connectivity index (χ0) is 11.1. The van der Waals surface area contributed by atoms with Crippen LogP contribution in [0.3, 0.4) is 0 Å². The molecule has 0 aromatic carbocycles. The van der Waals surface area contributed by atoms with E-state index >= 15 is 0 Å². The van der Waals surface area contributed by atoms with Crippen LogP contribution in [0.2, 0.25) is 0 Å². The molecule has 1 aliphatic rings. The topological polar surface area (TPSA) is 15.3 Å². The summed E-state index contributed by atoms with van der Waals surface area (Å²) in [5.41, 5.74) is 0. The summed E-state index contributed by atoms with van der Waals surface area (Å²) in [5, 5.41) is 3.47. The SMILES string of the molecule is CCNCC1CCN(CC(C)CC)CC1. The first-order valence-electron chi connectivity index (χ1n) is 6.69. The molecule has 2 nitrogen and oxygen atoms in total. The second-order valence-electron chi connectivity index (χ2n) is 5.07. The molecule has 1 atom stereocenters. The van der Waals surface area contributed by atoms with Crippen LogP contribution < -0.4 is 5.32 Å². The zero-order valence-electron chi connectivity index (χ0n) is 10.8. The Bertz CT molecular complexity index is 151. The Morgan fingerprint density at radius 2 is 1.93 bits per heavy atom. The highest BCUT2D eigenvalue weighted by Crippen LogP contribution is 2.17. The van der Waals surface area contributed by atoms with E-state index in [-0.39, 0.29) is 0 Å². The van der Waals surface area contributed by atoms with Crippen LogP contribution in [0, 0.1) is 11.8 Å². The van der Waals surface area contributed by atoms with Crippen LogP contribution in [0.1, 0.15) is 40.0 Å². The Hall–Kier alpha value is -0.0800. The van der Waals surface area contributed by atoms with E-state index < -0.39 is 0 Å². The molecule has 1 saturated heterocycles. The number of hydrogen-bond acceptors (Lipinski definition) is 2. The molecule has 1 unspecified atom stereocenters. The molecule has 1 rings (SSSR count). The number of hydrogen-bond donors (Lipinski definition) is 1. The van der Waals surface area contributed by atoms with Crippen molar-refractivity contribution < 1.29 is 0 Å². The molecule has 0 radical (unpaired) electrons. The molecule has 1 heterocycles. The molecule has 2 heteroatoms. The molecule has 90 valence electrons. The summed E-state index contributed by atoms with van der Waals surface area (Å²) in [4.78, 5) is 2.65. The molecule has 1 fully saturated rings. The van der Waals surface area contributed by atoms with Gasteiger partial charge in [0.05, 0.1) is 0 Å². The zero-order valence-corrected chi connectivity index (χ0v) is 10.8. The smallest absolute Gasteiger partial charge is 0.000692 e. The van der Waals surface area contributed by atoms with Gasteiger partial charge in [0.1, 0.15) is 0 Å². The van der Waals surface area contributed by atoms with Crippen LogP contribution in [-0.4, -0.2) is 37.6 Å². The average molecular weight is 212 g/mol. The van der Waals surface area contributed by atoms with Crippen molar-refractivity contribution in [1.82, 2.24) is 10.2 Å². The molecule has 1 aliphatic heterocycles. The van der Waals surface area contributed by atoms with Gasteiger partial charge in [-0.1, -0.05) is 27.2 Å². The Morgan fingerprint density at radius 3 is 2.47 bits per heavy atom. The van der Waals surface area contributed by atoms with Gasteiger partial charge in [0.25, 0.3) is 0 Å². The van der Waals surface area contributed by atoms with Gasteiger partial charge in [0.2, 0.25) is 0 Å². The maximum absolute atomic E-state index is 3.47. The van der Waals surface area contributed by atoms with Crippen LogP contribution >= 0.6 is 0 Å². The van der Waals surface area contributed by atoms with Crippen molar-refractivity contribution in [3.8, 4) is 0 Å². The fraction of sp³-hybridized carbons (Fsp3) is 1.00. The van der Waals surface area contributed by atoms with E-state index in [1.54, 1.807) is 0 Å². The van der Waals surface area contributed by atoms with Gasteiger partial charge in [-0.3, -0.25) is 0 Å². The minimum Gasteiger partial charge on any atom is -0.317 e. The van der Waals surface area contributed by atoms with Gasteiger partial charge in [-0.25, -0.2) is 0 Å². The molecule has 0 spiro atoms. The molecule has 0 amide bonds. The minimum atomic E-state index is 0.871. The lowest BCUT2D eigenvalue weighted by Gasteiger charge is -2.33. The van der Waals surface area contributed by atoms with E-state index in [4.69, 9.17) is 0 Å². The number of nitrogens with one attached hydrogen (secondary N) is 1. The van der Waals surface area contributed by atoms with E-state index in [2.05, 4.69) is 31.0 Å². The Morgan fingerprint density at radius 1 is 1.27 bits per heavy atom. The van der Waals surface area contributed by atoms with E-state index in [1.807, 2.05) is 0 Å². The van der Waals surface area contributed by atoms with Gasteiger partial charge in [-0.05, 0) is 50.9 Å². The third-order valence-corrected chi connectivity index (χ3v) is 3.66. The molecular formula is C13H28N2. The van der Waals surface area contributed by atoms with Crippen molar-refractivity contribution in [1.29, 1.82) is 0 Å². The van der Waals surface area contributed by atoms with Crippen molar-refractivity contribution in [2.45, 2.75) is 40.0 Å². The largest absolute Gasteiger partial charge is 0.317 e. The predicted octanol–water partition coefficient (Wildman–Crippen LogP) is 2.35. The van der Waals surface area contributed by atoms with Crippen molar-refractivity contribution >= 4 is 0 Å². The lowest BCUT2D eigenvalue weighted by atomic mass is 9.96. The molecule has 0 bridgehead atoms. The third kappa shape index (κ3) is 4.98. The Kier molecular flexibility index (Phi) is 6.26. The molecule has 0 saturated carbocycles. The van der Waals surface area contributed by atoms with E-state index in [1.165, 1.54) is 45.4 Å². The van der Waals surface area contributed by atoms with Crippen molar-refractivity contribution in [2.24, 2.45) is 11.8 Å². The van der Waals surface area contributed by atoms with Gasteiger partial charge >= 0.3 is 0 Å². The highest BCUT2D eigenvalue weighted by Gasteiger charge is 2.19. The third-order valence-electron chi connectivity index (χ3n) is 3.66. The van der Waals surface area contributed by atoms with Gasteiger partial charge in [-0.15, -0.1) is 0 Å². The maximum atomic E-state index is 3.47. The maximum Gasteiger partial charge on any atom is 0.000692 e. The van der Waals surface area contributed by atoms with Crippen molar-refractivity contribution in [2.75, 3.05) is 32.7 Å². The van der Waals surface area contributed by atoms with Gasteiger partial charge in [-0.2, -0.15) is 0 Å². The van der Waals surface area contributed by atoms with Crippen LogP contribution in [0.25, 0.3) is 0 Å². The number of rotatable bonds is 6. The van der Waals surface area contributed by atoms with E-state index in [0.717, 1.165) is 18.4 Å². The number of nitrogens with zero attached hydrogens (tertiary/aromatic N) is 1. The molecule has 0 aliphatic carbocycles. The summed E-state index contributed by atoms with van der Waals surface area (Å²) < 4.78 is 0. The molecule has 1 N–H and O–H groups in total. The highest BCUT2D eigenvalue weighted by molar-refractivity contribution is 4.74. The first-order valence-corrected chi connectivity index (χ1v) is 6.69.